The van der Waals surface area contributed by atoms with E-state index in [9.17, 15) is 39.6 Å². The fourth-order valence-corrected chi connectivity index (χ4v) is 11.9. The molecule has 0 aromatic carbocycles. The summed E-state index contributed by atoms with van der Waals surface area (Å²) in [6.07, 6.45) is 2.85. The van der Waals surface area contributed by atoms with E-state index in [4.69, 9.17) is 4.52 Å². The molecule has 228 valence electrons. The zero-order valence-corrected chi connectivity index (χ0v) is 25.6. The maximum atomic E-state index is 12.7. The fraction of sp³-hybridized carbons (Fsp3) is 0.900. The van der Waals surface area contributed by atoms with Crippen molar-refractivity contribution in [3.05, 3.63) is 11.6 Å². The Morgan fingerprint density at radius 1 is 1.00 bits per heavy atom. The number of aliphatic carboxylic acids is 1. The lowest BCUT2D eigenvalue weighted by atomic mass is 9.35. The van der Waals surface area contributed by atoms with Gasteiger partial charge in [0, 0.05) is 5.41 Å². The number of allylic oxidation sites excluding steroid dienone is 2. The van der Waals surface area contributed by atoms with Crippen LogP contribution in [-0.2, 0) is 13.9 Å². The molecule has 0 aromatic heterocycles. The summed E-state index contributed by atoms with van der Waals surface area (Å²) in [6.45, 7) is 12.6. The molecule has 4 fully saturated rings. The predicted molar refractivity (Wildman–Crippen MR) is 148 cm³/mol. The second-order valence-electron chi connectivity index (χ2n) is 15.1. The molecule has 0 radical (unpaired) electrons. The Balaban J connectivity index is 1.66. The monoisotopic (exact) mass is 584 g/mol. The van der Waals surface area contributed by atoms with Gasteiger partial charge in [-0.2, -0.15) is 0 Å². The van der Waals surface area contributed by atoms with Gasteiger partial charge in [0.1, 0.15) is 6.10 Å². The third-order valence-electron chi connectivity index (χ3n) is 13.7. The first-order chi connectivity index (χ1) is 18.3. The largest absolute Gasteiger partial charge is 0.481 e. The van der Waals surface area contributed by atoms with Crippen LogP contribution < -0.4 is 0 Å². The van der Waals surface area contributed by atoms with Crippen LogP contribution in [0.15, 0.2) is 11.6 Å². The third-order valence-corrected chi connectivity index (χ3v) is 14.2. The van der Waals surface area contributed by atoms with Crippen LogP contribution in [0.5, 0.6) is 0 Å². The number of hydrogen-bond donors (Lipinski definition) is 6. The van der Waals surface area contributed by atoms with Crippen LogP contribution in [0.2, 0.25) is 0 Å². The van der Waals surface area contributed by atoms with E-state index in [2.05, 4.69) is 40.7 Å². The predicted octanol–water partition coefficient (Wildman–Crippen LogP) is 4.12. The first-order valence-corrected chi connectivity index (χ1v) is 16.5. The van der Waals surface area contributed by atoms with Crippen LogP contribution in [0.25, 0.3) is 0 Å². The molecule has 0 spiro atoms. The van der Waals surface area contributed by atoms with Gasteiger partial charge in [0.25, 0.3) is 0 Å². The minimum absolute atomic E-state index is 0.0437. The van der Waals surface area contributed by atoms with Gasteiger partial charge < -0.3 is 30.2 Å². The van der Waals surface area contributed by atoms with Gasteiger partial charge in [0.05, 0.1) is 24.2 Å². The molecule has 0 bridgehead atoms. The van der Waals surface area contributed by atoms with Crippen molar-refractivity contribution in [1.29, 1.82) is 0 Å². The van der Waals surface area contributed by atoms with E-state index in [0.717, 1.165) is 31.3 Å². The number of fused-ring (bicyclic) bond motifs is 7. The Labute approximate surface area is 237 Å². The lowest BCUT2D eigenvalue weighted by Gasteiger charge is -2.70. The number of carbonyl (C=O) groups is 1. The highest BCUT2D eigenvalue weighted by molar-refractivity contribution is 7.46. The summed E-state index contributed by atoms with van der Waals surface area (Å²) in [5.41, 5.74) is -2.36. The van der Waals surface area contributed by atoms with Gasteiger partial charge in [-0.15, -0.1) is 0 Å². The van der Waals surface area contributed by atoms with Gasteiger partial charge in [0.2, 0.25) is 0 Å². The lowest BCUT2D eigenvalue weighted by Crippen LogP contribution is -2.73. The van der Waals surface area contributed by atoms with E-state index >= 15 is 0 Å². The standard InChI is InChI=1S/C30H49O9P/c1-16(2)17-7-9-20-26(17,3)13-14-27(4)18-8-10-21-29(6,25(34)35)23(32)22(31)24(33)30(21,15-39-40(36,37)38)19(18)11-12-28(20,27)5/h8,16-17,19-24,31-33H,7,9-15H2,1-6H3,(H,34,35)(H2,36,37,38). The average Bonchev–Trinajstić information content (AvgIpc) is 3.23. The van der Waals surface area contributed by atoms with E-state index in [0.29, 0.717) is 24.2 Å². The molecule has 5 aliphatic rings. The van der Waals surface area contributed by atoms with Crippen LogP contribution in [0.4, 0.5) is 0 Å². The fourth-order valence-electron chi connectivity index (χ4n) is 11.5. The van der Waals surface area contributed by atoms with Gasteiger partial charge >= 0.3 is 13.8 Å². The Bertz CT molecular complexity index is 1130. The summed E-state index contributed by atoms with van der Waals surface area (Å²) in [6, 6.07) is 0. The molecule has 4 saturated carbocycles. The van der Waals surface area contributed by atoms with Crippen molar-refractivity contribution >= 4 is 13.8 Å². The molecule has 12 atom stereocenters. The summed E-state index contributed by atoms with van der Waals surface area (Å²) in [4.78, 5) is 32.2. The molecule has 0 aromatic rings. The van der Waals surface area contributed by atoms with Gasteiger partial charge in [-0.3, -0.25) is 9.32 Å². The second-order valence-corrected chi connectivity index (χ2v) is 16.4. The number of carboxylic acid groups (broad SMARTS) is 1. The van der Waals surface area contributed by atoms with E-state index in [-0.39, 0.29) is 22.7 Å². The second kappa shape index (κ2) is 9.35. The van der Waals surface area contributed by atoms with Gasteiger partial charge in [-0.1, -0.05) is 46.3 Å². The zero-order chi connectivity index (χ0) is 29.8. The average molecular weight is 585 g/mol. The van der Waals surface area contributed by atoms with Crippen molar-refractivity contribution in [1.82, 2.24) is 0 Å². The van der Waals surface area contributed by atoms with Crippen molar-refractivity contribution in [3.8, 4) is 0 Å². The zero-order valence-electron chi connectivity index (χ0n) is 24.7. The molecule has 0 saturated heterocycles. The number of phosphoric acid groups is 1. The molecule has 0 heterocycles. The topological polar surface area (TPSA) is 165 Å². The summed E-state index contributed by atoms with van der Waals surface area (Å²) in [5, 5.41) is 44.2. The summed E-state index contributed by atoms with van der Waals surface area (Å²) in [5.74, 6) is -0.943. The van der Waals surface area contributed by atoms with Crippen molar-refractivity contribution < 1.29 is 44.1 Å². The van der Waals surface area contributed by atoms with Crippen molar-refractivity contribution in [2.75, 3.05) is 6.61 Å². The summed E-state index contributed by atoms with van der Waals surface area (Å²) < 4.78 is 17.1. The SMILES string of the molecule is CC(C)C1CCC2C1(C)CCC1(C)C3=CCC4C(C)(C(=O)O)C(O)C(O)C(O)C4(COP(=O)(O)O)C3CCC21C. The highest BCUT2D eigenvalue weighted by Crippen LogP contribution is 2.76. The van der Waals surface area contributed by atoms with Crippen LogP contribution in [0.1, 0.15) is 86.5 Å². The third kappa shape index (κ3) is 3.74. The van der Waals surface area contributed by atoms with Crippen LogP contribution >= 0.6 is 7.82 Å². The highest BCUT2D eigenvalue weighted by atomic mass is 31.2. The first-order valence-electron chi connectivity index (χ1n) is 15.0. The van der Waals surface area contributed by atoms with E-state index in [1.807, 2.05) is 0 Å². The number of carboxylic acids is 1. The number of aliphatic hydroxyl groups is 3. The quantitative estimate of drug-likeness (QED) is 0.206. The Morgan fingerprint density at radius 2 is 1.65 bits per heavy atom. The van der Waals surface area contributed by atoms with E-state index in [1.165, 1.54) is 13.3 Å². The van der Waals surface area contributed by atoms with Crippen molar-refractivity contribution in [2.24, 2.45) is 56.7 Å². The Kier molecular flexibility index (Phi) is 7.16. The summed E-state index contributed by atoms with van der Waals surface area (Å²) >= 11 is 0. The minimum Gasteiger partial charge on any atom is -0.481 e. The van der Waals surface area contributed by atoms with Crippen LogP contribution in [0.3, 0.4) is 0 Å². The van der Waals surface area contributed by atoms with Crippen LogP contribution in [-0.4, -0.2) is 61.1 Å². The number of phosphoric ester groups is 1. The number of rotatable bonds is 5. The first kappa shape index (κ1) is 30.7. The van der Waals surface area contributed by atoms with Gasteiger partial charge in [-0.25, -0.2) is 4.57 Å². The highest BCUT2D eigenvalue weighted by Gasteiger charge is 2.74. The maximum Gasteiger partial charge on any atom is 0.469 e. The number of aliphatic hydroxyl groups excluding tert-OH is 3. The van der Waals surface area contributed by atoms with Crippen molar-refractivity contribution in [2.45, 2.75) is 105 Å². The molecule has 12 unspecified atom stereocenters. The molecule has 9 nitrogen and oxygen atoms in total. The van der Waals surface area contributed by atoms with Crippen LogP contribution in [0, 0.1) is 56.7 Å². The maximum absolute atomic E-state index is 12.7. The molecule has 0 amide bonds. The molecule has 10 heteroatoms. The number of hydrogen-bond acceptors (Lipinski definition) is 6. The molecule has 5 rings (SSSR count). The molecule has 6 N–H and O–H groups in total. The van der Waals surface area contributed by atoms with Gasteiger partial charge in [0.15, 0.2) is 0 Å². The van der Waals surface area contributed by atoms with Crippen molar-refractivity contribution in [3.63, 3.8) is 0 Å². The molecular formula is C30H49O9P. The summed E-state index contributed by atoms with van der Waals surface area (Å²) in [7, 11) is -5.00. The Hall–Kier alpha value is -0.800. The lowest BCUT2D eigenvalue weighted by molar-refractivity contribution is -0.263. The molecule has 0 aliphatic heterocycles. The smallest absolute Gasteiger partial charge is 0.469 e. The Morgan fingerprint density at radius 3 is 2.23 bits per heavy atom. The van der Waals surface area contributed by atoms with E-state index < -0.39 is 61.4 Å². The normalized spacial score (nSPS) is 52.3. The molecule has 40 heavy (non-hydrogen) atoms. The molecule has 5 aliphatic carbocycles. The molecular weight excluding hydrogens is 535 g/mol. The van der Waals surface area contributed by atoms with Gasteiger partial charge in [-0.05, 0) is 97.7 Å². The minimum atomic E-state index is -5.00. The van der Waals surface area contributed by atoms with E-state index in [1.54, 1.807) is 0 Å².